The number of ether oxygens (including phenoxy) is 1. The molecule has 1 fully saturated rings. The maximum absolute atomic E-state index is 13.3. The van der Waals surface area contributed by atoms with Crippen LogP contribution in [-0.4, -0.2) is 54.3 Å². The van der Waals surface area contributed by atoms with Crippen molar-refractivity contribution in [1.82, 2.24) is 10.2 Å². The highest BCUT2D eigenvalue weighted by atomic mass is 19.2. The summed E-state index contributed by atoms with van der Waals surface area (Å²) in [5.74, 6) is -1.90. The molecule has 1 aliphatic rings. The number of benzene rings is 1. The third kappa shape index (κ3) is 4.96. The van der Waals surface area contributed by atoms with Crippen molar-refractivity contribution in [3.05, 3.63) is 35.4 Å². The van der Waals surface area contributed by atoms with Gasteiger partial charge in [-0.15, -0.1) is 0 Å². The molecule has 1 aromatic rings. The molecule has 7 heteroatoms. The first kappa shape index (κ1) is 18.8. The Morgan fingerprint density at radius 2 is 1.96 bits per heavy atom. The van der Waals surface area contributed by atoms with Gasteiger partial charge >= 0.3 is 0 Å². The number of morpholine rings is 1. The number of nitrogens with one attached hydrogen (secondary N) is 1. The summed E-state index contributed by atoms with van der Waals surface area (Å²) in [4.78, 5) is 14.0. The SMILES string of the molecule is CC(CC(=O)N1CCOCC1)NC(C)C(O)c1ccc(F)c(F)c1. The Morgan fingerprint density at radius 3 is 2.58 bits per heavy atom. The van der Waals surface area contributed by atoms with Crippen LogP contribution in [-0.2, 0) is 9.53 Å². The highest BCUT2D eigenvalue weighted by Crippen LogP contribution is 2.20. The molecule has 1 aromatic carbocycles. The minimum Gasteiger partial charge on any atom is -0.387 e. The van der Waals surface area contributed by atoms with Gasteiger partial charge in [0.15, 0.2) is 11.6 Å². The van der Waals surface area contributed by atoms with E-state index in [9.17, 15) is 18.7 Å². The Hall–Kier alpha value is -1.57. The molecule has 2 N–H and O–H groups in total. The number of aliphatic hydroxyl groups excluding tert-OH is 1. The van der Waals surface area contributed by atoms with Crippen molar-refractivity contribution in [2.75, 3.05) is 26.3 Å². The highest BCUT2D eigenvalue weighted by molar-refractivity contribution is 5.76. The van der Waals surface area contributed by atoms with E-state index in [4.69, 9.17) is 4.74 Å². The quantitative estimate of drug-likeness (QED) is 0.825. The third-order valence-corrected chi connectivity index (χ3v) is 4.15. The van der Waals surface area contributed by atoms with Crippen LogP contribution in [0.3, 0.4) is 0 Å². The molecule has 134 valence electrons. The van der Waals surface area contributed by atoms with Gasteiger partial charge in [-0.05, 0) is 31.5 Å². The van der Waals surface area contributed by atoms with Crippen molar-refractivity contribution in [3.8, 4) is 0 Å². The molecular weight excluding hydrogens is 318 g/mol. The third-order valence-electron chi connectivity index (χ3n) is 4.15. The van der Waals surface area contributed by atoms with E-state index in [-0.39, 0.29) is 11.9 Å². The van der Waals surface area contributed by atoms with E-state index >= 15 is 0 Å². The number of carbonyl (C=O) groups is 1. The number of hydrogen-bond donors (Lipinski definition) is 2. The lowest BCUT2D eigenvalue weighted by atomic mass is 10.0. The number of halogens is 2. The number of hydrogen-bond acceptors (Lipinski definition) is 4. The van der Waals surface area contributed by atoms with Crippen LogP contribution in [0.5, 0.6) is 0 Å². The lowest BCUT2D eigenvalue weighted by Gasteiger charge is -2.29. The van der Waals surface area contributed by atoms with Crippen molar-refractivity contribution >= 4 is 5.91 Å². The van der Waals surface area contributed by atoms with Gasteiger partial charge in [0.2, 0.25) is 5.91 Å². The zero-order valence-electron chi connectivity index (χ0n) is 14.0. The summed E-state index contributed by atoms with van der Waals surface area (Å²) in [7, 11) is 0. The molecule has 0 saturated carbocycles. The number of amides is 1. The lowest BCUT2D eigenvalue weighted by Crippen LogP contribution is -2.45. The summed E-state index contributed by atoms with van der Waals surface area (Å²) in [5.41, 5.74) is 0.292. The highest BCUT2D eigenvalue weighted by Gasteiger charge is 2.23. The lowest BCUT2D eigenvalue weighted by molar-refractivity contribution is -0.135. The number of aliphatic hydroxyl groups is 1. The van der Waals surface area contributed by atoms with Crippen molar-refractivity contribution in [3.63, 3.8) is 0 Å². The van der Waals surface area contributed by atoms with Crippen LogP contribution < -0.4 is 5.32 Å². The van der Waals surface area contributed by atoms with Gasteiger partial charge in [0.05, 0.1) is 19.3 Å². The monoisotopic (exact) mass is 342 g/mol. The first-order chi connectivity index (χ1) is 11.4. The summed E-state index contributed by atoms with van der Waals surface area (Å²) in [6, 6.07) is 2.76. The molecule has 5 nitrogen and oxygen atoms in total. The number of nitrogens with zero attached hydrogens (tertiary/aromatic N) is 1. The first-order valence-corrected chi connectivity index (χ1v) is 8.13. The van der Waals surface area contributed by atoms with Crippen molar-refractivity contribution in [2.45, 2.75) is 38.5 Å². The average molecular weight is 342 g/mol. The number of carbonyl (C=O) groups excluding carboxylic acids is 1. The smallest absolute Gasteiger partial charge is 0.224 e. The number of rotatable bonds is 6. The zero-order chi connectivity index (χ0) is 17.7. The van der Waals surface area contributed by atoms with Crippen LogP contribution >= 0.6 is 0 Å². The first-order valence-electron chi connectivity index (χ1n) is 8.13. The minimum atomic E-state index is -0.999. The van der Waals surface area contributed by atoms with E-state index in [1.807, 2.05) is 6.92 Å². The largest absolute Gasteiger partial charge is 0.387 e. The summed E-state index contributed by atoms with van der Waals surface area (Å²) in [5, 5.41) is 13.4. The molecule has 0 aliphatic carbocycles. The van der Waals surface area contributed by atoms with E-state index in [1.165, 1.54) is 6.07 Å². The average Bonchev–Trinajstić information content (AvgIpc) is 2.57. The van der Waals surface area contributed by atoms with Crippen LogP contribution in [0.25, 0.3) is 0 Å². The van der Waals surface area contributed by atoms with E-state index in [1.54, 1.807) is 11.8 Å². The molecule has 24 heavy (non-hydrogen) atoms. The predicted molar refractivity (Wildman–Crippen MR) is 85.4 cm³/mol. The van der Waals surface area contributed by atoms with Gasteiger partial charge in [-0.1, -0.05) is 6.07 Å². The molecule has 3 unspecified atom stereocenters. The van der Waals surface area contributed by atoms with Gasteiger partial charge in [-0.25, -0.2) is 8.78 Å². The summed E-state index contributed by atoms with van der Waals surface area (Å²) in [6.07, 6.45) is -0.699. The second kappa shape index (κ2) is 8.50. The fourth-order valence-corrected chi connectivity index (χ4v) is 2.79. The molecule has 1 amide bonds. The van der Waals surface area contributed by atoms with Crippen LogP contribution in [0, 0.1) is 11.6 Å². The Kier molecular flexibility index (Phi) is 6.65. The van der Waals surface area contributed by atoms with Crippen LogP contribution in [0.4, 0.5) is 8.78 Å². The van der Waals surface area contributed by atoms with E-state index < -0.39 is 23.8 Å². The Balaban J connectivity index is 1.86. The normalized spacial score (nSPS) is 19.0. The molecule has 0 radical (unpaired) electrons. The Labute approximate surface area is 140 Å². The Bertz CT molecular complexity index is 565. The van der Waals surface area contributed by atoms with Crippen LogP contribution in [0.1, 0.15) is 31.9 Å². The van der Waals surface area contributed by atoms with Gasteiger partial charge < -0.3 is 20.1 Å². The molecule has 0 aromatic heterocycles. The topological polar surface area (TPSA) is 61.8 Å². The van der Waals surface area contributed by atoms with Crippen LogP contribution in [0.2, 0.25) is 0 Å². The zero-order valence-corrected chi connectivity index (χ0v) is 14.0. The molecule has 2 rings (SSSR count). The second-order valence-electron chi connectivity index (χ2n) is 6.17. The molecule has 1 aliphatic heterocycles. The maximum Gasteiger partial charge on any atom is 0.224 e. The van der Waals surface area contributed by atoms with Gasteiger partial charge in [-0.2, -0.15) is 0 Å². The summed E-state index contributed by atoms with van der Waals surface area (Å²) >= 11 is 0. The van der Waals surface area contributed by atoms with E-state index in [2.05, 4.69) is 5.32 Å². The molecule has 0 spiro atoms. The van der Waals surface area contributed by atoms with Gasteiger partial charge in [0, 0.05) is 31.6 Å². The molecule has 3 atom stereocenters. The molecule has 0 bridgehead atoms. The van der Waals surface area contributed by atoms with Crippen molar-refractivity contribution < 1.29 is 23.4 Å². The Morgan fingerprint density at radius 1 is 1.29 bits per heavy atom. The summed E-state index contributed by atoms with van der Waals surface area (Å²) < 4.78 is 31.5. The van der Waals surface area contributed by atoms with Gasteiger partial charge in [0.25, 0.3) is 0 Å². The fraction of sp³-hybridized carbons (Fsp3) is 0.588. The molecule has 1 saturated heterocycles. The minimum absolute atomic E-state index is 0.0350. The molecular formula is C17H24F2N2O3. The van der Waals surface area contributed by atoms with Crippen LogP contribution in [0.15, 0.2) is 18.2 Å². The van der Waals surface area contributed by atoms with E-state index in [0.29, 0.717) is 38.3 Å². The summed E-state index contributed by atoms with van der Waals surface area (Å²) in [6.45, 7) is 5.89. The second-order valence-corrected chi connectivity index (χ2v) is 6.17. The van der Waals surface area contributed by atoms with Gasteiger partial charge in [-0.3, -0.25) is 4.79 Å². The van der Waals surface area contributed by atoms with Crippen molar-refractivity contribution in [2.24, 2.45) is 0 Å². The fourth-order valence-electron chi connectivity index (χ4n) is 2.79. The van der Waals surface area contributed by atoms with Gasteiger partial charge in [0.1, 0.15) is 0 Å². The molecule has 1 heterocycles. The van der Waals surface area contributed by atoms with Crippen molar-refractivity contribution in [1.29, 1.82) is 0 Å². The standard InChI is InChI=1S/C17H24F2N2O3/c1-11(9-16(22)21-5-7-24-8-6-21)20-12(2)17(23)13-3-4-14(18)15(19)10-13/h3-4,10-12,17,20,23H,5-9H2,1-2H3. The van der Waals surface area contributed by atoms with E-state index in [0.717, 1.165) is 12.1 Å². The predicted octanol–water partition coefficient (Wildman–Crippen LogP) is 1.61. The maximum atomic E-state index is 13.3.